The van der Waals surface area contributed by atoms with Crippen molar-refractivity contribution in [1.29, 1.82) is 0 Å². The van der Waals surface area contributed by atoms with E-state index in [1.54, 1.807) is 0 Å². The predicted molar refractivity (Wildman–Crippen MR) is 78.3 cm³/mol. The first-order valence-corrected chi connectivity index (χ1v) is 7.75. The van der Waals surface area contributed by atoms with Crippen LogP contribution >= 0.6 is 11.6 Å². The van der Waals surface area contributed by atoms with Crippen LogP contribution in [0, 0.1) is 5.92 Å². The van der Waals surface area contributed by atoms with E-state index in [0.717, 1.165) is 18.5 Å². The smallest absolute Gasteiger partial charge is 0.129 e. The van der Waals surface area contributed by atoms with E-state index >= 15 is 0 Å². The van der Waals surface area contributed by atoms with Crippen LogP contribution in [-0.2, 0) is 6.54 Å². The average molecular weight is 280 g/mol. The van der Waals surface area contributed by atoms with Gasteiger partial charge in [-0.25, -0.2) is 4.98 Å². The molecule has 0 amide bonds. The van der Waals surface area contributed by atoms with Crippen LogP contribution in [0.1, 0.15) is 31.2 Å². The highest BCUT2D eigenvalue weighted by molar-refractivity contribution is 6.29. The second-order valence-electron chi connectivity index (χ2n) is 5.81. The van der Waals surface area contributed by atoms with Crippen LogP contribution in [0.2, 0.25) is 5.15 Å². The summed E-state index contributed by atoms with van der Waals surface area (Å²) in [7, 11) is 0. The molecule has 0 radical (unpaired) electrons. The molecule has 1 N–H and O–H groups in total. The first-order chi connectivity index (χ1) is 9.31. The Labute approximate surface area is 120 Å². The van der Waals surface area contributed by atoms with Crippen LogP contribution in [0.3, 0.4) is 0 Å². The van der Waals surface area contributed by atoms with Crippen LogP contribution < -0.4 is 5.32 Å². The van der Waals surface area contributed by atoms with Gasteiger partial charge in [0.1, 0.15) is 5.15 Å². The predicted octanol–water partition coefficient (Wildman–Crippen LogP) is 2.70. The Morgan fingerprint density at radius 1 is 1.26 bits per heavy atom. The number of nitrogens with zero attached hydrogens (tertiary/aromatic N) is 2. The first kappa shape index (κ1) is 13.3. The van der Waals surface area contributed by atoms with E-state index in [4.69, 9.17) is 11.6 Å². The third kappa shape index (κ3) is 3.47. The van der Waals surface area contributed by atoms with E-state index in [1.807, 2.05) is 12.3 Å². The van der Waals surface area contributed by atoms with Crippen LogP contribution in [0.15, 0.2) is 18.3 Å². The lowest BCUT2D eigenvalue weighted by atomic mass is 9.88. The van der Waals surface area contributed by atoms with Gasteiger partial charge in [0.05, 0.1) is 0 Å². The number of hydrogen-bond acceptors (Lipinski definition) is 3. The highest BCUT2D eigenvalue weighted by Gasteiger charge is 2.28. The summed E-state index contributed by atoms with van der Waals surface area (Å²) in [6, 6.07) is 4.76. The normalized spacial score (nSPS) is 25.8. The molecule has 1 aromatic heterocycles. The maximum atomic E-state index is 5.81. The fourth-order valence-corrected chi connectivity index (χ4v) is 3.50. The lowest BCUT2D eigenvalue weighted by Gasteiger charge is -2.34. The van der Waals surface area contributed by atoms with Gasteiger partial charge in [-0.05, 0) is 62.9 Å². The van der Waals surface area contributed by atoms with Crippen molar-refractivity contribution in [3.63, 3.8) is 0 Å². The lowest BCUT2D eigenvalue weighted by Crippen LogP contribution is -2.40. The molecule has 0 saturated carbocycles. The fraction of sp³-hybridized carbons (Fsp3) is 0.667. The van der Waals surface area contributed by atoms with E-state index in [-0.39, 0.29) is 0 Å². The van der Waals surface area contributed by atoms with Crippen molar-refractivity contribution >= 4 is 11.6 Å². The second-order valence-corrected chi connectivity index (χ2v) is 6.19. The molecule has 1 atom stereocenters. The van der Waals surface area contributed by atoms with Gasteiger partial charge in [-0.2, -0.15) is 0 Å². The Balaban J connectivity index is 1.48. The molecular weight excluding hydrogens is 258 g/mol. The van der Waals surface area contributed by atoms with E-state index in [1.165, 1.54) is 50.9 Å². The van der Waals surface area contributed by atoms with Crippen molar-refractivity contribution in [2.75, 3.05) is 19.6 Å². The Morgan fingerprint density at radius 2 is 2.11 bits per heavy atom. The van der Waals surface area contributed by atoms with Crippen LogP contribution in [-0.4, -0.2) is 35.6 Å². The average Bonchev–Trinajstić information content (AvgIpc) is 2.96. The van der Waals surface area contributed by atoms with Gasteiger partial charge < -0.3 is 5.32 Å². The maximum Gasteiger partial charge on any atom is 0.129 e. The number of piperidine rings is 1. The van der Waals surface area contributed by atoms with Crippen molar-refractivity contribution in [2.24, 2.45) is 5.92 Å². The second kappa shape index (κ2) is 6.21. The zero-order valence-corrected chi connectivity index (χ0v) is 12.1. The minimum Gasteiger partial charge on any atom is -0.314 e. The van der Waals surface area contributed by atoms with Gasteiger partial charge in [0.25, 0.3) is 0 Å². The van der Waals surface area contributed by atoms with Crippen molar-refractivity contribution in [3.05, 3.63) is 29.0 Å². The highest BCUT2D eigenvalue weighted by atomic mass is 35.5. The summed E-state index contributed by atoms with van der Waals surface area (Å²) in [4.78, 5) is 6.69. The van der Waals surface area contributed by atoms with E-state index in [9.17, 15) is 0 Å². The minimum absolute atomic E-state index is 0.578. The van der Waals surface area contributed by atoms with Gasteiger partial charge in [-0.1, -0.05) is 17.7 Å². The Kier molecular flexibility index (Phi) is 4.36. The molecule has 0 bridgehead atoms. The van der Waals surface area contributed by atoms with Crippen molar-refractivity contribution in [1.82, 2.24) is 15.2 Å². The third-order valence-electron chi connectivity index (χ3n) is 4.49. The molecular formula is C15H22ClN3. The molecule has 0 aromatic carbocycles. The van der Waals surface area contributed by atoms with E-state index in [2.05, 4.69) is 21.3 Å². The number of aromatic nitrogens is 1. The van der Waals surface area contributed by atoms with Gasteiger partial charge in [0, 0.05) is 18.8 Å². The maximum absolute atomic E-state index is 5.81. The zero-order chi connectivity index (χ0) is 13.1. The number of nitrogens with one attached hydrogen (secondary N) is 1. The van der Waals surface area contributed by atoms with Gasteiger partial charge in [0.2, 0.25) is 0 Å². The molecule has 19 heavy (non-hydrogen) atoms. The summed E-state index contributed by atoms with van der Waals surface area (Å²) in [5, 5.41) is 4.23. The molecule has 0 spiro atoms. The van der Waals surface area contributed by atoms with Crippen LogP contribution in [0.25, 0.3) is 0 Å². The summed E-state index contributed by atoms with van der Waals surface area (Å²) < 4.78 is 0. The van der Waals surface area contributed by atoms with E-state index in [0.29, 0.717) is 5.15 Å². The van der Waals surface area contributed by atoms with Crippen LogP contribution in [0.5, 0.6) is 0 Å². The molecule has 0 aliphatic carbocycles. The SMILES string of the molecule is Clc1ccc(CN2CCC(C3CCCN3)CC2)cn1. The molecule has 2 saturated heterocycles. The number of rotatable bonds is 3. The molecule has 2 aliphatic heterocycles. The number of pyridine rings is 1. The molecule has 2 aliphatic rings. The molecule has 4 heteroatoms. The third-order valence-corrected chi connectivity index (χ3v) is 4.72. The molecule has 3 nitrogen and oxygen atoms in total. The molecule has 1 unspecified atom stereocenters. The van der Waals surface area contributed by atoms with Crippen molar-refractivity contribution in [2.45, 2.75) is 38.3 Å². The summed E-state index contributed by atoms with van der Waals surface area (Å²) in [5.74, 6) is 0.891. The fourth-order valence-electron chi connectivity index (χ4n) is 3.39. The van der Waals surface area contributed by atoms with Gasteiger partial charge >= 0.3 is 0 Å². The highest BCUT2D eigenvalue weighted by Crippen LogP contribution is 2.26. The molecule has 3 rings (SSSR count). The molecule has 2 fully saturated rings. The Bertz CT molecular complexity index is 392. The molecule has 104 valence electrons. The van der Waals surface area contributed by atoms with Gasteiger partial charge in [-0.15, -0.1) is 0 Å². The van der Waals surface area contributed by atoms with Gasteiger partial charge in [0.15, 0.2) is 0 Å². The Morgan fingerprint density at radius 3 is 2.74 bits per heavy atom. The minimum atomic E-state index is 0.578. The van der Waals surface area contributed by atoms with Crippen molar-refractivity contribution < 1.29 is 0 Å². The number of halogens is 1. The summed E-state index contributed by atoms with van der Waals surface area (Å²) in [6.45, 7) is 4.66. The lowest BCUT2D eigenvalue weighted by molar-refractivity contribution is 0.157. The summed E-state index contributed by atoms with van der Waals surface area (Å²) in [6.07, 6.45) is 7.30. The summed E-state index contributed by atoms with van der Waals surface area (Å²) in [5.41, 5.74) is 1.27. The monoisotopic (exact) mass is 279 g/mol. The van der Waals surface area contributed by atoms with Gasteiger partial charge in [-0.3, -0.25) is 4.90 Å². The molecule has 3 heterocycles. The largest absolute Gasteiger partial charge is 0.314 e. The first-order valence-electron chi connectivity index (χ1n) is 7.37. The quantitative estimate of drug-likeness (QED) is 0.863. The van der Waals surface area contributed by atoms with Crippen LogP contribution in [0.4, 0.5) is 0 Å². The standard InChI is InChI=1S/C15H22ClN3/c16-15-4-3-12(10-18-15)11-19-8-5-13(6-9-19)14-2-1-7-17-14/h3-4,10,13-14,17H,1-2,5-9,11H2. The molecule has 1 aromatic rings. The number of likely N-dealkylation sites (tertiary alicyclic amines) is 1. The Hall–Kier alpha value is -0.640. The number of hydrogen-bond donors (Lipinski definition) is 1. The topological polar surface area (TPSA) is 28.2 Å². The zero-order valence-electron chi connectivity index (χ0n) is 11.3. The van der Waals surface area contributed by atoms with E-state index < -0.39 is 0 Å². The van der Waals surface area contributed by atoms with Crippen molar-refractivity contribution in [3.8, 4) is 0 Å². The summed E-state index contributed by atoms with van der Waals surface area (Å²) >= 11 is 5.81.